The summed E-state index contributed by atoms with van der Waals surface area (Å²) in [5.74, 6) is 0.0660. The number of aliphatic hydroxyl groups is 1. The van der Waals surface area contributed by atoms with Gasteiger partial charge in [-0.3, -0.25) is 4.79 Å². The number of carbonyl (C=O) groups excluding carboxylic acids is 1. The lowest BCUT2D eigenvalue weighted by Crippen LogP contribution is -2.40. The molecule has 1 aromatic carbocycles. The molecule has 3 N–H and O–H groups in total. The fourth-order valence-corrected chi connectivity index (χ4v) is 2.58. The Kier molecular flexibility index (Phi) is 4.84. The molecule has 0 saturated heterocycles. The van der Waals surface area contributed by atoms with Crippen molar-refractivity contribution in [1.82, 2.24) is 5.32 Å². The first-order valence-corrected chi connectivity index (χ1v) is 6.94. The Morgan fingerprint density at radius 2 is 2.00 bits per heavy atom. The third kappa shape index (κ3) is 3.63. The minimum Gasteiger partial charge on any atom is -0.504 e. The monoisotopic (exact) mass is 279 g/mol. The largest absolute Gasteiger partial charge is 0.504 e. The zero-order chi connectivity index (χ0) is 14.4. The van der Waals surface area contributed by atoms with E-state index in [-0.39, 0.29) is 30.3 Å². The van der Waals surface area contributed by atoms with Crippen molar-refractivity contribution in [3.8, 4) is 11.5 Å². The lowest BCUT2D eigenvalue weighted by atomic mass is 9.87. The molecule has 110 valence electrons. The predicted molar refractivity (Wildman–Crippen MR) is 74.6 cm³/mol. The van der Waals surface area contributed by atoms with Crippen molar-refractivity contribution in [2.75, 3.05) is 19.8 Å². The van der Waals surface area contributed by atoms with Crippen LogP contribution in [0.1, 0.15) is 25.7 Å². The van der Waals surface area contributed by atoms with E-state index in [4.69, 9.17) is 4.74 Å². The van der Waals surface area contributed by atoms with Crippen LogP contribution < -0.4 is 10.1 Å². The van der Waals surface area contributed by atoms with E-state index in [0.717, 1.165) is 25.7 Å². The highest BCUT2D eigenvalue weighted by Gasteiger charge is 2.33. The maximum Gasteiger partial charge on any atom is 0.257 e. The van der Waals surface area contributed by atoms with Crippen LogP contribution in [-0.2, 0) is 4.79 Å². The van der Waals surface area contributed by atoms with E-state index in [2.05, 4.69) is 5.32 Å². The van der Waals surface area contributed by atoms with Crippen LogP contribution in [-0.4, -0.2) is 35.9 Å². The van der Waals surface area contributed by atoms with E-state index < -0.39 is 0 Å². The third-order valence-electron chi connectivity index (χ3n) is 3.88. The van der Waals surface area contributed by atoms with Crippen LogP contribution in [0.2, 0.25) is 0 Å². The van der Waals surface area contributed by atoms with E-state index in [0.29, 0.717) is 12.3 Å². The fraction of sp³-hybridized carbons (Fsp3) is 0.533. The Bertz CT molecular complexity index is 455. The van der Waals surface area contributed by atoms with Crippen LogP contribution in [0.3, 0.4) is 0 Å². The Morgan fingerprint density at radius 3 is 2.65 bits per heavy atom. The molecule has 0 radical (unpaired) electrons. The smallest absolute Gasteiger partial charge is 0.257 e. The van der Waals surface area contributed by atoms with Crippen molar-refractivity contribution in [1.29, 1.82) is 0 Å². The van der Waals surface area contributed by atoms with Crippen LogP contribution in [0.5, 0.6) is 11.5 Å². The highest BCUT2D eigenvalue weighted by Crippen LogP contribution is 2.36. The summed E-state index contributed by atoms with van der Waals surface area (Å²) in [6, 6.07) is 6.53. The predicted octanol–water partition coefficient (Wildman–Crippen LogP) is 1.44. The standard InChI is InChI=1S/C15H21NO4/c17-11-15(7-3-4-8-15)10-16-14(19)9-20-13-6-2-1-5-12(13)18/h1-2,5-6,17-18H,3-4,7-11H2,(H,16,19). The van der Waals surface area contributed by atoms with Gasteiger partial charge in [0.05, 0.1) is 6.61 Å². The van der Waals surface area contributed by atoms with E-state index in [9.17, 15) is 15.0 Å². The fourth-order valence-electron chi connectivity index (χ4n) is 2.58. The van der Waals surface area contributed by atoms with Gasteiger partial charge in [-0.15, -0.1) is 0 Å². The van der Waals surface area contributed by atoms with Crippen molar-refractivity contribution in [3.63, 3.8) is 0 Å². The summed E-state index contributed by atoms with van der Waals surface area (Å²) in [5, 5.41) is 21.8. The van der Waals surface area contributed by atoms with E-state index in [1.54, 1.807) is 18.2 Å². The molecule has 1 aliphatic rings. The molecule has 1 aliphatic carbocycles. The van der Waals surface area contributed by atoms with Gasteiger partial charge in [0.15, 0.2) is 18.1 Å². The second-order valence-corrected chi connectivity index (χ2v) is 5.40. The van der Waals surface area contributed by atoms with Gasteiger partial charge >= 0.3 is 0 Å². The number of rotatable bonds is 6. The number of aliphatic hydroxyl groups excluding tert-OH is 1. The van der Waals surface area contributed by atoms with Gasteiger partial charge in [-0.1, -0.05) is 25.0 Å². The Balaban J connectivity index is 1.77. The molecule has 0 aromatic heterocycles. The Morgan fingerprint density at radius 1 is 1.30 bits per heavy atom. The van der Waals surface area contributed by atoms with Crippen LogP contribution >= 0.6 is 0 Å². The summed E-state index contributed by atoms with van der Waals surface area (Å²) in [7, 11) is 0. The first-order chi connectivity index (χ1) is 9.65. The summed E-state index contributed by atoms with van der Waals surface area (Å²) in [5.41, 5.74) is -0.162. The van der Waals surface area contributed by atoms with Gasteiger partial charge < -0.3 is 20.3 Å². The van der Waals surface area contributed by atoms with E-state index in [1.807, 2.05) is 0 Å². The molecule has 0 heterocycles. The highest BCUT2D eigenvalue weighted by molar-refractivity contribution is 5.77. The van der Waals surface area contributed by atoms with Crippen molar-refractivity contribution >= 4 is 5.91 Å². The van der Waals surface area contributed by atoms with Crippen LogP contribution in [0.4, 0.5) is 0 Å². The second-order valence-electron chi connectivity index (χ2n) is 5.40. The van der Waals surface area contributed by atoms with Gasteiger partial charge in [0, 0.05) is 12.0 Å². The number of aromatic hydroxyl groups is 1. The molecule has 1 aromatic rings. The minimum atomic E-state index is -0.243. The number of hydrogen-bond acceptors (Lipinski definition) is 4. The number of nitrogens with one attached hydrogen (secondary N) is 1. The molecule has 1 amide bonds. The molecule has 5 nitrogen and oxygen atoms in total. The topological polar surface area (TPSA) is 78.8 Å². The quantitative estimate of drug-likeness (QED) is 0.736. The number of phenolic OH excluding ortho intramolecular Hbond substituents is 1. The molecular weight excluding hydrogens is 258 g/mol. The number of ether oxygens (including phenoxy) is 1. The average molecular weight is 279 g/mol. The molecular formula is C15H21NO4. The molecule has 1 fully saturated rings. The zero-order valence-corrected chi connectivity index (χ0v) is 11.5. The zero-order valence-electron chi connectivity index (χ0n) is 11.5. The number of hydrogen-bond donors (Lipinski definition) is 3. The molecule has 5 heteroatoms. The average Bonchev–Trinajstić information content (AvgIpc) is 2.94. The highest BCUT2D eigenvalue weighted by atomic mass is 16.5. The maximum atomic E-state index is 11.7. The molecule has 0 bridgehead atoms. The van der Waals surface area contributed by atoms with Gasteiger partial charge in [0.25, 0.3) is 5.91 Å². The van der Waals surface area contributed by atoms with Crippen LogP contribution in [0.25, 0.3) is 0 Å². The SMILES string of the molecule is O=C(COc1ccccc1O)NCC1(CO)CCCC1. The van der Waals surface area contributed by atoms with Crippen LogP contribution in [0.15, 0.2) is 24.3 Å². The van der Waals surface area contributed by atoms with Crippen molar-refractivity contribution in [2.45, 2.75) is 25.7 Å². The number of benzene rings is 1. The Hall–Kier alpha value is -1.75. The number of phenols is 1. The maximum absolute atomic E-state index is 11.7. The first kappa shape index (κ1) is 14.7. The van der Waals surface area contributed by atoms with E-state index >= 15 is 0 Å². The second kappa shape index (κ2) is 6.61. The van der Waals surface area contributed by atoms with Gasteiger partial charge in [-0.2, -0.15) is 0 Å². The number of carbonyl (C=O) groups is 1. The number of para-hydroxylation sites is 2. The molecule has 0 unspecified atom stereocenters. The van der Waals surface area contributed by atoms with Crippen molar-refractivity contribution in [2.24, 2.45) is 5.41 Å². The van der Waals surface area contributed by atoms with Gasteiger partial charge in [0.1, 0.15) is 0 Å². The molecule has 0 aliphatic heterocycles. The van der Waals surface area contributed by atoms with Gasteiger partial charge in [-0.05, 0) is 25.0 Å². The Labute approximate surface area is 118 Å². The third-order valence-corrected chi connectivity index (χ3v) is 3.88. The molecule has 2 rings (SSSR count). The van der Waals surface area contributed by atoms with E-state index in [1.165, 1.54) is 6.07 Å². The molecule has 1 saturated carbocycles. The lowest BCUT2D eigenvalue weighted by molar-refractivity contribution is -0.123. The summed E-state index contributed by atoms with van der Waals surface area (Å²) < 4.78 is 5.26. The molecule has 0 atom stereocenters. The normalized spacial score (nSPS) is 16.9. The molecule has 0 spiro atoms. The summed E-state index contributed by atoms with van der Waals surface area (Å²) in [6.07, 6.45) is 4.10. The van der Waals surface area contributed by atoms with Crippen molar-refractivity contribution < 1.29 is 19.7 Å². The summed E-state index contributed by atoms with van der Waals surface area (Å²) in [6.45, 7) is 0.444. The first-order valence-electron chi connectivity index (χ1n) is 6.94. The van der Waals surface area contributed by atoms with Crippen molar-refractivity contribution in [3.05, 3.63) is 24.3 Å². The lowest BCUT2D eigenvalue weighted by Gasteiger charge is -2.26. The van der Waals surface area contributed by atoms with Crippen LogP contribution in [0, 0.1) is 5.41 Å². The van der Waals surface area contributed by atoms with Gasteiger partial charge in [-0.25, -0.2) is 0 Å². The number of amides is 1. The summed E-state index contributed by atoms with van der Waals surface area (Å²) >= 11 is 0. The van der Waals surface area contributed by atoms with Gasteiger partial charge in [0.2, 0.25) is 0 Å². The minimum absolute atomic E-state index is 0.0166. The summed E-state index contributed by atoms with van der Waals surface area (Å²) in [4.78, 5) is 11.7. The molecule has 20 heavy (non-hydrogen) atoms.